The van der Waals surface area contributed by atoms with Gasteiger partial charge in [0.15, 0.2) is 0 Å². The first kappa shape index (κ1) is 23.0. The molecule has 1 saturated heterocycles. The first-order valence-corrected chi connectivity index (χ1v) is 13.8. The third-order valence-electron chi connectivity index (χ3n) is 8.55. The van der Waals surface area contributed by atoms with E-state index in [9.17, 15) is 13.2 Å². The molecular weight excluding hydrogens is 440 g/mol. The van der Waals surface area contributed by atoms with Crippen molar-refractivity contribution in [3.63, 3.8) is 0 Å². The van der Waals surface area contributed by atoms with Gasteiger partial charge in [0, 0.05) is 30.6 Å². The number of hydrogen-bond acceptors (Lipinski definition) is 5. The Morgan fingerprint density at radius 2 is 1.73 bits per heavy atom. The van der Waals surface area contributed by atoms with E-state index in [0.29, 0.717) is 36.6 Å². The number of benzene rings is 1. The Hall–Kier alpha value is -1.80. The Kier molecular flexibility index (Phi) is 6.10. The van der Waals surface area contributed by atoms with E-state index in [2.05, 4.69) is 5.32 Å². The minimum absolute atomic E-state index is 0.144. The number of nitrogens with one attached hydrogen (secondary N) is 1. The number of sulfonamides is 1. The maximum absolute atomic E-state index is 13.6. The van der Waals surface area contributed by atoms with Gasteiger partial charge >= 0.3 is 0 Å². The van der Waals surface area contributed by atoms with E-state index >= 15 is 0 Å². The largest absolute Gasteiger partial charge is 0.497 e. The molecule has 1 amide bonds. The van der Waals surface area contributed by atoms with Crippen molar-refractivity contribution in [2.24, 2.45) is 23.2 Å². The standard InChI is InChI=1S/C25H36N2O5S/c1-31-21-6-7-23(22(12-21)32-2)33(29,30)27-8-4-3-5-20(27)16-26-24(28)25-13-17-9-18(14-25)11-19(10-17)15-25/h6-7,12,17-20H,3-5,8-11,13-16H2,1-2H3,(H,26,28). The predicted molar refractivity (Wildman–Crippen MR) is 125 cm³/mol. The number of rotatable bonds is 7. The zero-order valence-corrected chi connectivity index (χ0v) is 20.5. The van der Waals surface area contributed by atoms with Gasteiger partial charge in [-0.2, -0.15) is 4.31 Å². The summed E-state index contributed by atoms with van der Waals surface area (Å²) < 4.78 is 39.4. The lowest BCUT2D eigenvalue weighted by Gasteiger charge is -2.55. The molecule has 1 aliphatic heterocycles. The highest BCUT2D eigenvalue weighted by Crippen LogP contribution is 2.60. The highest BCUT2D eigenvalue weighted by Gasteiger charge is 2.54. The molecule has 33 heavy (non-hydrogen) atoms. The van der Waals surface area contributed by atoms with Crippen molar-refractivity contribution in [2.75, 3.05) is 27.3 Å². The van der Waals surface area contributed by atoms with Crippen LogP contribution in [0.2, 0.25) is 0 Å². The van der Waals surface area contributed by atoms with Gasteiger partial charge < -0.3 is 14.8 Å². The van der Waals surface area contributed by atoms with Crippen molar-refractivity contribution in [2.45, 2.75) is 68.7 Å². The second-order valence-electron chi connectivity index (χ2n) is 10.7. The molecule has 1 aromatic rings. The van der Waals surface area contributed by atoms with Gasteiger partial charge in [-0.1, -0.05) is 6.42 Å². The average Bonchev–Trinajstić information content (AvgIpc) is 2.81. The van der Waals surface area contributed by atoms with Crippen LogP contribution >= 0.6 is 0 Å². The maximum Gasteiger partial charge on any atom is 0.247 e. The molecule has 1 aromatic carbocycles. The molecule has 1 N–H and O–H groups in total. The first-order valence-electron chi connectivity index (χ1n) is 12.4. The molecule has 8 heteroatoms. The highest BCUT2D eigenvalue weighted by molar-refractivity contribution is 7.89. The van der Waals surface area contributed by atoms with Crippen LogP contribution in [0.25, 0.3) is 0 Å². The zero-order chi connectivity index (χ0) is 23.2. The lowest BCUT2D eigenvalue weighted by Crippen LogP contribution is -2.56. The van der Waals surface area contributed by atoms with Gasteiger partial charge in [0.25, 0.3) is 0 Å². The van der Waals surface area contributed by atoms with Crippen LogP contribution < -0.4 is 14.8 Å². The Bertz CT molecular complexity index is 973. The van der Waals surface area contributed by atoms with Crippen LogP contribution in [0, 0.1) is 23.2 Å². The summed E-state index contributed by atoms with van der Waals surface area (Å²) in [5, 5.41) is 3.21. The van der Waals surface area contributed by atoms with Gasteiger partial charge in [-0.25, -0.2) is 8.42 Å². The Balaban J connectivity index is 1.32. The van der Waals surface area contributed by atoms with E-state index < -0.39 is 10.0 Å². The first-order chi connectivity index (χ1) is 15.8. The molecule has 1 atom stereocenters. The molecule has 5 fully saturated rings. The average molecular weight is 477 g/mol. The van der Waals surface area contributed by atoms with Gasteiger partial charge in [0.2, 0.25) is 15.9 Å². The van der Waals surface area contributed by atoms with Crippen molar-refractivity contribution in [1.82, 2.24) is 9.62 Å². The summed E-state index contributed by atoms with van der Waals surface area (Å²) in [6, 6.07) is 4.55. The smallest absolute Gasteiger partial charge is 0.247 e. The SMILES string of the molecule is COc1ccc(S(=O)(=O)N2CCCCC2CNC(=O)C23CC4CC(CC(C4)C2)C3)c(OC)c1. The minimum Gasteiger partial charge on any atom is -0.497 e. The van der Waals surface area contributed by atoms with Crippen molar-refractivity contribution < 1.29 is 22.7 Å². The zero-order valence-electron chi connectivity index (χ0n) is 19.7. The summed E-state index contributed by atoms with van der Waals surface area (Å²) in [5.74, 6) is 3.09. The monoisotopic (exact) mass is 476 g/mol. The topological polar surface area (TPSA) is 84.9 Å². The molecule has 0 radical (unpaired) electrons. The fourth-order valence-electron chi connectivity index (χ4n) is 7.40. The number of carbonyl (C=O) groups is 1. The maximum atomic E-state index is 13.6. The summed E-state index contributed by atoms with van der Waals surface area (Å²) in [4.78, 5) is 13.6. The van der Waals surface area contributed by atoms with Crippen LogP contribution in [-0.2, 0) is 14.8 Å². The molecule has 5 aliphatic rings. The van der Waals surface area contributed by atoms with Gasteiger partial charge in [0.05, 0.1) is 14.2 Å². The lowest BCUT2D eigenvalue weighted by molar-refractivity contribution is -0.146. The van der Waals surface area contributed by atoms with Crippen LogP contribution in [0.4, 0.5) is 0 Å². The van der Waals surface area contributed by atoms with Crippen molar-refractivity contribution in [3.05, 3.63) is 18.2 Å². The fraction of sp³-hybridized carbons (Fsp3) is 0.720. The number of amides is 1. The molecule has 4 saturated carbocycles. The number of nitrogens with zero attached hydrogens (tertiary/aromatic N) is 1. The van der Waals surface area contributed by atoms with Gasteiger partial charge in [0.1, 0.15) is 16.4 Å². The molecule has 0 aromatic heterocycles. The van der Waals surface area contributed by atoms with Crippen LogP contribution in [-0.4, -0.2) is 52.0 Å². The van der Waals surface area contributed by atoms with E-state index in [1.54, 1.807) is 22.5 Å². The van der Waals surface area contributed by atoms with Gasteiger partial charge in [-0.05, 0) is 81.3 Å². The van der Waals surface area contributed by atoms with Crippen molar-refractivity contribution in [3.8, 4) is 11.5 Å². The molecule has 1 heterocycles. The predicted octanol–water partition coefficient (Wildman–Crippen LogP) is 3.58. The molecular formula is C25H36N2O5S. The van der Waals surface area contributed by atoms with Crippen LogP contribution in [0.1, 0.15) is 57.8 Å². The quantitative estimate of drug-likeness (QED) is 0.650. The van der Waals surface area contributed by atoms with E-state index in [4.69, 9.17) is 9.47 Å². The van der Waals surface area contributed by atoms with Crippen molar-refractivity contribution in [1.29, 1.82) is 0 Å². The molecule has 6 rings (SSSR count). The van der Waals surface area contributed by atoms with Crippen LogP contribution in [0.15, 0.2) is 23.1 Å². The number of ether oxygens (including phenoxy) is 2. The molecule has 7 nitrogen and oxygen atoms in total. The second-order valence-corrected chi connectivity index (χ2v) is 12.5. The number of carbonyl (C=O) groups excluding carboxylic acids is 1. The van der Waals surface area contributed by atoms with E-state index in [1.807, 2.05) is 0 Å². The third kappa shape index (κ3) is 4.14. The van der Waals surface area contributed by atoms with E-state index in [-0.39, 0.29) is 28.0 Å². The molecule has 4 aliphatic carbocycles. The summed E-state index contributed by atoms with van der Waals surface area (Å²) in [6.07, 6.45) is 9.46. The Morgan fingerprint density at radius 1 is 1.06 bits per heavy atom. The molecule has 182 valence electrons. The normalized spacial score (nSPS) is 33.6. The fourth-order valence-corrected chi connectivity index (χ4v) is 9.23. The number of piperidine rings is 1. The Labute approximate surface area is 197 Å². The molecule has 1 unspecified atom stereocenters. The Morgan fingerprint density at radius 3 is 2.33 bits per heavy atom. The molecule has 4 bridgehead atoms. The van der Waals surface area contributed by atoms with Gasteiger partial charge in [-0.15, -0.1) is 0 Å². The highest BCUT2D eigenvalue weighted by atomic mass is 32.2. The third-order valence-corrected chi connectivity index (χ3v) is 10.5. The van der Waals surface area contributed by atoms with E-state index in [1.165, 1.54) is 33.5 Å². The number of methoxy groups -OCH3 is 2. The second kappa shape index (κ2) is 8.77. The van der Waals surface area contributed by atoms with E-state index in [0.717, 1.165) is 38.5 Å². The summed E-state index contributed by atoms with van der Waals surface area (Å²) in [5.41, 5.74) is -0.216. The minimum atomic E-state index is -3.77. The van der Waals surface area contributed by atoms with Crippen molar-refractivity contribution >= 4 is 15.9 Å². The van der Waals surface area contributed by atoms with Crippen LogP contribution in [0.5, 0.6) is 11.5 Å². The summed E-state index contributed by atoms with van der Waals surface area (Å²) in [6.45, 7) is 0.827. The van der Waals surface area contributed by atoms with Crippen LogP contribution in [0.3, 0.4) is 0 Å². The number of hydrogen-bond donors (Lipinski definition) is 1. The summed E-state index contributed by atoms with van der Waals surface area (Å²) >= 11 is 0. The lowest BCUT2D eigenvalue weighted by atomic mass is 9.49. The summed E-state index contributed by atoms with van der Waals surface area (Å²) in [7, 11) is -0.767. The molecule has 0 spiro atoms. The van der Waals surface area contributed by atoms with Gasteiger partial charge in [-0.3, -0.25) is 4.79 Å².